The zero-order valence-electron chi connectivity index (χ0n) is 9.01. The zero-order valence-corrected chi connectivity index (χ0v) is 9.01. The van der Waals surface area contributed by atoms with Crippen molar-refractivity contribution >= 4 is 11.0 Å². The molecule has 0 unspecified atom stereocenters. The third-order valence-corrected chi connectivity index (χ3v) is 2.42. The Balaban J connectivity index is 2.39. The van der Waals surface area contributed by atoms with Crippen molar-refractivity contribution in [1.29, 1.82) is 0 Å². The highest BCUT2D eigenvalue weighted by atomic mass is 16.5. The Kier molecular flexibility index (Phi) is 2.04. The van der Waals surface area contributed by atoms with E-state index in [1.54, 1.807) is 19.1 Å². The van der Waals surface area contributed by atoms with Crippen LogP contribution in [0.15, 0.2) is 44.1 Å². The summed E-state index contributed by atoms with van der Waals surface area (Å²) < 4.78 is 10.0. The predicted octanol–water partition coefficient (Wildman–Crippen LogP) is 2.15. The number of nitrogens with zero attached hydrogens (tertiary/aromatic N) is 2. The van der Waals surface area contributed by atoms with E-state index in [1.807, 2.05) is 12.1 Å². The molecule has 0 N–H and O–H groups in total. The molecule has 0 spiro atoms. The number of aryl methyl sites for hydroxylation is 1. The van der Waals surface area contributed by atoms with Gasteiger partial charge in [0.05, 0.1) is 0 Å². The van der Waals surface area contributed by atoms with Crippen molar-refractivity contribution in [2.24, 2.45) is 0 Å². The van der Waals surface area contributed by atoms with E-state index in [2.05, 4.69) is 10.1 Å². The lowest BCUT2D eigenvalue weighted by Crippen LogP contribution is -1.98. The molecule has 2 heterocycles. The fraction of sp³-hybridized carbons (Fsp3) is 0.0833. The number of aromatic nitrogens is 2. The smallest absolute Gasteiger partial charge is 0.336 e. The number of benzene rings is 1. The summed E-state index contributed by atoms with van der Waals surface area (Å²) in [6.07, 6.45) is 0. The van der Waals surface area contributed by atoms with Crippen LogP contribution in [0, 0.1) is 6.92 Å². The van der Waals surface area contributed by atoms with Gasteiger partial charge < -0.3 is 8.94 Å². The van der Waals surface area contributed by atoms with Crippen molar-refractivity contribution in [3.8, 4) is 11.4 Å². The van der Waals surface area contributed by atoms with Crippen molar-refractivity contribution in [2.45, 2.75) is 6.92 Å². The molecule has 3 rings (SSSR count). The van der Waals surface area contributed by atoms with Crippen LogP contribution in [0.4, 0.5) is 0 Å². The summed E-state index contributed by atoms with van der Waals surface area (Å²) in [4.78, 5) is 15.5. The zero-order chi connectivity index (χ0) is 11.8. The summed E-state index contributed by atoms with van der Waals surface area (Å²) in [7, 11) is 0. The average Bonchev–Trinajstić information content (AvgIpc) is 2.74. The average molecular weight is 228 g/mol. The molecule has 5 heteroatoms. The van der Waals surface area contributed by atoms with Crippen molar-refractivity contribution in [3.05, 3.63) is 46.6 Å². The molecule has 1 aromatic carbocycles. The standard InChI is InChI=1S/C12H8N2O3/c1-7-13-12(14-17-7)9-6-11(15)16-10-5-3-2-4-8(9)10/h2-6H,1H3. The molecule has 0 amide bonds. The summed E-state index contributed by atoms with van der Waals surface area (Å²) in [6.45, 7) is 1.70. The van der Waals surface area contributed by atoms with Gasteiger partial charge in [0.1, 0.15) is 5.58 Å². The Morgan fingerprint density at radius 3 is 2.82 bits per heavy atom. The summed E-state index contributed by atoms with van der Waals surface area (Å²) in [5, 5.41) is 4.60. The minimum absolute atomic E-state index is 0.395. The van der Waals surface area contributed by atoms with Gasteiger partial charge in [-0.05, 0) is 6.07 Å². The fourth-order valence-electron chi connectivity index (χ4n) is 1.71. The van der Waals surface area contributed by atoms with Gasteiger partial charge in [-0.25, -0.2) is 4.79 Å². The van der Waals surface area contributed by atoms with Gasteiger partial charge in [-0.3, -0.25) is 0 Å². The fourth-order valence-corrected chi connectivity index (χ4v) is 1.71. The molecule has 17 heavy (non-hydrogen) atoms. The van der Waals surface area contributed by atoms with E-state index in [9.17, 15) is 4.79 Å². The number of hydrogen-bond acceptors (Lipinski definition) is 5. The van der Waals surface area contributed by atoms with Crippen molar-refractivity contribution in [1.82, 2.24) is 10.1 Å². The highest BCUT2D eigenvalue weighted by Crippen LogP contribution is 2.24. The van der Waals surface area contributed by atoms with E-state index < -0.39 is 5.63 Å². The molecule has 0 bridgehead atoms. The first-order valence-corrected chi connectivity index (χ1v) is 5.07. The molecule has 0 aliphatic rings. The summed E-state index contributed by atoms with van der Waals surface area (Å²) in [5.41, 5.74) is 0.701. The lowest BCUT2D eigenvalue weighted by molar-refractivity contribution is 0.394. The molecule has 0 saturated carbocycles. The molecule has 84 valence electrons. The maximum Gasteiger partial charge on any atom is 0.336 e. The molecule has 0 atom stereocenters. The van der Waals surface area contributed by atoms with Crippen LogP contribution in [-0.4, -0.2) is 10.1 Å². The van der Waals surface area contributed by atoms with E-state index in [-0.39, 0.29) is 0 Å². The molecular weight excluding hydrogens is 220 g/mol. The Labute approximate surface area is 95.7 Å². The Morgan fingerprint density at radius 1 is 1.24 bits per heavy atom. The molecular formula is C12H8N2O3. The van der Waals surface area contributed by atoms with E-state index in [4.69, 9.17) is 8.94 Å². The Hall–Kier alpha value is -2.43. The first-order chi connectivity index (χ1) is 8.24. The Morgan fingerprint density at radius 2 is 2.06 bits per heavy atom. The van der Waals surface area contributed by atoms with Crippen molar-refractivity contribution in [2.75, 3.05) is 0 Å². The normalized spacial score (nSPS) is 10.9. The minimum atomic E-state index is -0.429. The molecule has 0 fully saturated rings. The van der Waals surface area contributed by atoms with Crippen LogP contribution in [0.2, 0.25) is 0 Å². The van der Waals surface area contributed by atoms with Gasteiger partial charge in [0.2, 0.25) is 11.7 Å². The van der Waals surface area contributed by atoms with Gasteiger partial charge in [0, 0.05) is 23.9 Å². The minimum Gasteiger partial charge on any atom is -0.423 e. The maximum absolute atomic E-state index is 11.4. The second kappa shape index (κ2) is 3.55. The van der Waals surface area contributed by atoms with Crippen LogP contribution in [0.1, 0.15) is 5.89 Å². The molecule has 5 nitrogen and oxygen atoms in total. The van der Waals surface area contributed by atoms with Crippen molar-refractivity contribution in [3.63, 3.8) is 0 Å². The second-order valence-corrected chi connectivity index (χ2v) is 3.61. The number of fused-ring (bicyclic) bond motifs is 1. The first-order valence-electron chi connectivity index (χ1n) is 5.07. The van der Waals surface area contributed by atoms with Crippen molar-refractivity contribution < 1.29 is 8.94 Å². The monoisotopic (exact) mass is 228 g/mol. The topological polar surface area (TPSA) is 69.1 Å². The highest BCUT2D eigenvalue weighted by molar-refractivity contribution is 5.90. The summed E-state index contributed by atoms with van der Waals surface area (Å²) in [5.74, 6) is 0.851. The lowest BCUT2D eigenvalue weighted by atomic mass is 10.1. The molecule has 2 aromatic heterocycles. The third kappa shape index (κ3) is 1.61. The first kappa shape index (κ1) is 9.77. The van der Waals surface area contributed by atoms with Crippen LogP contribution in [-0.2, 0) is 0 Å². The van der Waals surface area contributed by atoms with Gasteiger partial charge >= 0.3 is 5.63 Å². The number of para-hydroxylation sites is 1. The van der Waals surface area contributed by atoms with Crippen LogP contribution in [0.3, 0.4) is 0 Å². The predicted molar refractivity (Wildman–Crippen MR) is 60.5 cm³/mol. The van der Waals surface area contributed by atoms with E-state index in [0.717, 1.165) is 5.39 Å². The number of hydrogen-bond donors (Lipinski definition) is 0. The second-order valence-electron chi connectivity index (χ2n) is 3.61. The van der Waals surface area contributed by atoms with Crippen LogP contribution in [0.25, 0.3) is 22.4 Å². The van der Waals surface area contributed by atoms with E-state index >= 15 is 0 Å². The number of rotatable bonds is 1. The van der Waals surface area contributed by atoms with E-state index in [0.29, 0.717) is 22.9 Å². The summed E-state index contributed by atoms with van der Waals surface area (Å²) >= 11 is 0. The van der Waals surface area contributed by atoms with Crippen LogP contribution in [0.5, 0.6) is 0 Å². The highest BCUT2D eigenvalue weighted by Gasteiger charge is 2.12. The Bertz CT molecular complexity index is 743. The van der Waals surface area contributed by atoms with Gasteiger partial charge in [-0.2, -0.15) is 4.98 Å². The molecule has 3 aromatic rings. The molecule has 0 aliphatic heterocycles. The largest absolute Gasteiger partial charge is 0.423 e. The van der Waals surface area contributed by atoms with Gasteiger partial charge in [0.25, 0.3) is 0 Å². The van der Waals surface area contributed by atoms with Gasteiger partial charge in [-0.1, -0.05) is 23.4 Å². The molecule has 0 aliphatic carbocycles. The summed E-state index contributed by atoms with van der Waals surface area (Å²) in [6, 6.07) is 8.61. The van der Waals surface area contributed by atoms with Gasteiger partial charge in [0.15, 0.2) is 0 Å². The third-order valence-electron chi connectivity index (χ3n) is 2.42. The van der Waals surface area contributed by atoms with Crippen LogP contribution < -0.4 is 5.63 Å². The van der Waals surface area contributed by atoms with Crippen LogP contribution >= 0.6 is 0 Å². The van der Waals surface area contributed by atoms with E-state index in [1.165, 1.54) is 6.07 Å². The quantitative estimate of drug-likeness (QED) is 0.597. The lowest BCUT2D eigenvalue weighted by Gasteiger charge is -1.99. The SMILES string of the molecule is Cc1nc(-c2cc(=O)oc3ccccc23)no1. The molecule has 0 radical (unpaired) electrons. The van der Waals surface area contributed by atoms with Gasteiger partial charge in [-0.15, -0.1) is 0 Å². The molecule has 0 saturated heterocycles. The maximum atomic E-state index is 11.4.